The quantitative estimate of drug-likeness (QED) is 0.442. The fraction of sp³-hybridized carbons (Fsp3) is 0.407. The van der Waals surface area contributed by atoms with E-state index in [2.05, 4.69) is 21.9 Å². The molecule has 3 heterocycles. The monoisotopic (exact) mass is 512 g/mol. The van der Waals surface area contributed by atoms with E-state index in [1.807, 2.05) is 19.1 Å². The highest BCUT2D eigenvalue weighted by Crippen LogP contribution is 2.62. The summed E-state index contributed by atoms with van der Waals surface area (Å²) in [7, 11) is 1.62. The number of aromatic nitrogens is 3. The summed E-state index contributed by atoms with van der Waals surface area (Å²) in [5, 5.41) is 0. The number of hydrogen-bond donors (Lipinski definition) is 0. The van der Waals surface area contributed by atoms with Gasteiger partial charge < -0.3 is 14.4 Å². The van der Waals surface area contributed by atoms with Gasteiger partial charge in [-0.25, -0.2) is 15.0 Å². The van der Waals surface area contributed by atoms with Crippen molar-refractivity contribution in [3.63, 3.8) is 0 Å². The fourth-order valence-corrected chi connectivity index (χ4v) is 5.89. The Balaban J connectivity index is 1.46. The van der Waals surface area contributed by atoms with Crippen LogP contribution in [0, 0.1) is 5.41 Å². The lowest BCUT2D eigenvalue weighted by atomic mass is 9.48. The molecule has 2 aromatic heterocycles. The van der Waals surface area contributed by atoms with Crippen molar-refractivity contribution in [3.8, 4) is 17.3 Å². The first-order valence-electron chi connectivity index (χ1n) is 12.1. The van der Waals surface area contributed by atoms with Crippen LogP contribution < -0.4 is 4.74 Å². The Bertz CT molecular complexity index is 1270. The molecule has 37 heavy (non-hydrogen) atoms. The first kappa shape index (κ1) is 25.1. The summed E-state index contributed by atoms with van der Waals surface area (Å²) in [4.78, 5) is 28.4. The van der Waals surface area contributed by atoms with Gasteiger partial charge in [0, 0.05) is 42.7 Å². The van der Waals surface area contributed by atoms with Gasteiger partial charge in [0.1, 0.15) is 6.10 Å². The highest BCUT2D eigenvalue weighted by Gasteiger charge is 2.73. The van der Waals surface area contributed by atoms with Crippen LogP contribution in [0.5, 0.6) is 5.88 Å². The van der Waals surface area contributed by atoms with E-state index in [1.54, 1.807) is 42.6 Å². The van der Waals surface area contributed by atoms with E-state index in [4.69, 9.17) is 9.47 Å². The smallest absolute Gasteiger partial charge is 0.417 e. The van der Waals surface area contributed by atoms with Gasteiger partial charge >= 0.3 is 6.18 Å². The highest BCUT2D eigenvalue weighted by atomic mass is 19.4. The second-order valence-electron chi connectivity index (χ2n) is 9.49. The number of alkyl halides is 3. The molecule has 0 bridgehead atoms. The van der Waals surface area contributed by atoms with Gasteiger partial charge in [-0.3, -0.25) is 4.79 Å². The van der Waals surface area contributed by atoms with Crippen molar-refractivity contribution in [2.45, 2.75) is 57.2 Å². The third kappa shape index (κ3) is 4.13. The van der Waals surface area contributed by atoms with E-state index < -0.39 is 17.8 Å². The molecule has 5 rings (SSSR count). The number of carbonyl (C=O) groups is 1. The van der Waals surface area contributed by atoms with Crippen molar-refractivity contribution in [1.82, 2.24) is 19.9 Å². The van der Waals surface area contributed by atoms with Crippen molar-refractivity contribution in [2.75, 3.05) is 7.11 Å². The van der Waals surface area contributed by atoms with Gasteiger partial charge in [0.25, 0.3) is 5.91 Å². The minimum atomic E-state index is -4.48. The second kappa shape index (κ2) is 9.41. The number of hydrogen-bond acceptors (Lipinski definition) is 6. The summed E-state index contributed by atoms with van der Waals surface area (Å²) in [5.41, 5.74) is 0.0162. The van der Waals surface area contributed by atoms with E-state index in [9.17, 15) is 18.0 Å². The van der Waals surface area contributed by atoms with Gasteiger partial charge in [-0.2, -0.15) is 13.2 Å². The number of ether oxygens (including phenoxy) is 2. The van der Waals surface area contributed by atoms with Crippen molar-refractivity contribution >= 4 is 5.91 Å². The largest absolute Gasteiger partial charge is 0.472 e. The van der Waals surface area contributed by atoms with E-state index in [-0.39, 0.29) is 35.4 Å². The number of halogens is 3. The normalized spacial score (nSPS) is 25.5. The van der Waals surface area contributed by atoms with Gasteiger partial charge in [-0.05, 0) is 38.0 Å². The molecule has 2 fully saturated rings. The molecule has 1 saturated carbocycles. The predicted octanol–water partition coefficient (Wildman–Crippen LogP) is 5.03. The van der Waals surface area contributed by atoms with Crippen LogP contribution in [0.2, 0.25) is 0 Å². The number of nitrogens with zero attached hydrogens (tertiary/aromatic N) is 4. The lowest BCUT2D eigenvalue weighted by Crippen LogP contribution is -2.86. The summed E-state index contributed by atoms with van der Waals surface area (Å²) in [5.74, 6) is 0.344. The first-order valence-corrected chi connectivity index (χ1v) is 12.1. The molecular weight excluding hydrogens is 485 g/mol. The number of rotatable bonds is 7. The van der Waals surface area contributed by atoms with Crippen LogP contribution in [0.15, 0.2) is 61.1 Å². The summed E-state index contributed by atoms with van der Waals surface area (Å²) < 4.78 is 50.5. The van der Waals surface area contributed by atoms with Crippen LogP contribution in [0.25, 0.3) is 11.4 Å². The maximum Gasteiger partial charge on any atom is 0.417 e. The van der Waals surface area contributed by atoms with Crippen LogP contribution in [-0.4, -0.2) is 57.2 Å². The molecule has 3 aromatic rings. The number of fused-ring (bicyclic) bond motifs is 1. The molecule has 5 unspecified atom stereocenters. The van der Waals surface area contributed by atoms with Crippen molar-refractivity contribution < 1.29 is 27.4 Å². The number of benzene rings is 1. The maximum absolute atomic E-state index is 14.1. The number of pyridine rings is 1. The zero-order chi connectivity index (χ0) is 26.4. The topological polar surface area (TPSA) is 77.4 Å². The average Bonchev–Trinajstić information content (AvgIpc) is 2.90. The van der Waals surface area contributed by atoms with E-state index in [0.717, 1.165) is 18.7 Å². The number of likely N-dealkylation sites (tertiary alicyclic amines) is 1. The Labute approximate surface area is 212 Å². The molecule has 1 saturated heterocycles. The van der Waals surface area contributed by atoms with E-state index >= 15 is 0 Å². The molecule has 194 valence electrons. The summed E-state index contributed by atoms with van der Waals surface area (Å²) in [6, 6.07) is 10.6. The molecule has 7 nitrogen and oxygen atoms in total. The molecule has 1 amide bonds. The fourth-order valence-electron chi connectivity index (χ4n) is 5.89. The zero-order valence-corrected chi connectivity index (χ0v) is 20.6. The molecule has 0 N–H and O–H groups in total. The lowest BCUT2D eigenvalue weighted by molar-refractivity contribution is -0.259. The summed E-state index contributed by atoms with van der Waals surface area (Å²) >= 11 is 0. The third-order valence-electron chi connectivity index (χ3n) is 7.72. The molecule has 0 radical (unpaired) electrons. The van der Waals surface area contributed by atoms with Gasteiger partial charge in [-0.15, -0.1) is 0 Å². The molecule has 1 aliphatic heterocycles. The Kier molecular flexibility index (Phi) is 6.39. The first-order chi connectivity index (χ1) is 17.7. The summed E-state index contributed by atoms with van der Waals surface area (Å²) in [6.07, 6.45) is 0.327. The Morgan fingerprint density at radius 1 is 1.14 bits per heavy atom. The van der Waals surface area contributed by atoms with Crippen LogP contribution in [0.1, 0.15) is 42.6 Å². The minimum absolute atomic E-state index is 0.0939. The van der Waals surface area contributed by atoms with Crippen LogP contribution in [-0.2, 0) is 10.9 Å². The standard InChI is InChI=1S/C27H27F3N4O3/c1-4-26-14-20(37-21-11-10-17(15-33-21)27(28,29)30)23(26)34(22(26)16(2)36-3)25(35)19-9-6-5-8-18(19)24-31-12-7-13-32-24/h5-13,15-16,20,22-23H,4,14H2,1-3H3. The molecule has 10 heteroatoms. The molecular formula is C27H27F3N4O3. The molecule has 1 aromatic carbocycles. The zero-order valence-electron chi connectivity index (χ0n) is 20.6. The van der Waals surface area contributed by atoms with E-state index in [1.165, 1.54) is 6.07 Å². The molecule has 2 aliphatic rings. The van der Waals surface area contributed by atoms with Gasteiger partial charge in [0.05, 0.1) is 29.3 Å². The average molecular weight is 513 g/mol. The number of carbonyl (C=O) groups excluding carboxylic acids is 1. The molecule has 1 aliphatic carbocycles. The Hall–Kier alpha value is -3.53. The maximum atomic E-state index is 14.1. The predicted molar refractivity (Wildman–Crippen MR) is 129 cm³/mol. The minimum Gasteiger partial charge on any atom is -0.472 e. The van der Waals surface area contributed by atoms with Crippen molar-refractivity contribution in [2.24, 2.45) is 5.41 Å². The number of amides is 1. The van der Waals surface area contributed by atoms with E-state index in [0.29, 0.717) is 23.4 Å². The van der Waals surface area contributed by atoms with Crippen LogP contribution in [0.3, 0.4) is 0 Å². The summed E-state index contributed by atoms with van der Waals surface area (Å²) in [6.45, 7) is 4.01. The van der Waals surface area contributed by atoms with Crippen molar-refractivity contribution in [3.05, 3.63) is 72.2 Å². The Morgan fingerprint density at radius 3 is 2.49 bits per heavy atom. The van der Waals surface area contributed by atoms with Crippen molar-refractivity contribution in [1.29, 1.82) is 0 Å². The van der Waals surface area contributed by atoms with Crippen LogP contribution in [0.4, 0.5) is 13.2 Å². The van der Waals surface area contributed by atoms with Crippen LogP contribution >= 0.6 is 0 Å². The van der Waals surface area contributed by atoms with Gasteiger partial charge in [0.2, 0.25) is 5.88 Å². The Morgan fingerprint density at radius 2 is 1.86 bits per heavy atom. The SMILES string of the molecule is CCC12CC(Oc3ccc(C(F)(F)F)cn3)C1N(C(=O)c1ccccc1-c1ncccn1)C2C(C)OC. The van der Waals surface area contributed by atoms with Gasteiger partial charge in [-0.1, -0.05) is 25.1 Å². The number of piperidine rings is 1. The van der Waals surface area contributed by atoms with Gasteiger partial charge in [0.15, 0.2) is 5.82 Å². The molecule has 0 spiro atoms. The number of methoxy groups -OCH3 is 1. The molecule has 5 atom stereocenters. The second-order valence-corrected chi connectivity index (χ2v) is 9.49. The highest BCUT2D eigenvalue weighted by molar-refractivity contribution is 6.01. The third-order valence-corrected chi connectivity index (χ3v) is 7.72. The lowest BCUT2D eigenvalue weighted by Gasteiger charge is -2.73.